The number of rotatable bonds is 6. The Morgan fingerprint density at radius 3 is 2.29 bits per heavy atom. The standard InChI is InChI=1S/C17H20N6O.C4H10.C2H6O/c1-11-14(16(18)22-17(19)21-11)8-13-4-3-12(7-15(13)24-2)9-23-6-5-20-10-23;1-3-4-2;1-2-3/h3-7,10H,8-9H2,1-2H3,(H4,18,19,21,22);3-4H2,1-2H3;3H,2H2,1H3. The summed E-state index contributed by atoms with van der Waals surface area (Å²) >= 11 is 0. The van der Waals surface area contributed by atoms with Gasteiger partial charge in [-0.15, -0.1) is 0 Å². The van der Waals surface area contributed by atoms with Crippen molar-refractivity contribution in [3.8, 4) is 5.75 Å². The van der Waals surface area contributed by atoms with Crippen LogP contribution in [-0.4, -0.2) is 38.3 Å². The van der Waals surface area contributed by atoms with Crippen molar-refractivity contribution in [1.29, 1.82) is 0 Å². The summed E-state index contributed by atoms with van der Waals surface area (Å²) in [5.74, 6) is 1.41. The molecule has 0 radical (unpaired) electrons. The highest BCUT2D eigenvalue weighted by atomic mass is 16.5. The summed E-state index contributed by atoms with van der Waals surface area (Å²) in [4.78, 5) is 12.3. The maximum absolute atomic E-state index is 7.57. The van der Waals surface area contributed by atoms with Gasteiger partial charge in [0.05, 0.1) is 13.4 Å². The Bertz CT molecular complexity index is 872. The van der Waals surface area contributed by atoms with Crippen molar-refractivity contribution in [2.24, 2.45) is 0 Å². The number of aliphatic hydroxyl groups is 1. The maximum Gasteiger partial charge on any atom is 0.222 e. The molecular formula is C23H36N6O2. The summed E-state index contributed by atoms with van der Waals surface area (Å²) < 4.78 is 7.55. The molecule has 8 nitrogen and oxygen atoms in total. The van der Waals surface area contributed by atoms with Crippen molar-refractivity contribution >= 4 is 11.8 Å². The number of unbranched alkanes of at least 4 members (excludes halogenated alkanes) is 1. The summed E-state index contributed by atoms with van der Waals surface area (Å²) in [6.07, 6.45) is 8.71. The fraction of sp³-hybridized carbons (Fsp3) is 0.435. The van der Waals surface area contributed by atoms with Gasteiger partial charge in [0.25, 0.3) is 0 Å². The second kappa shape index (κ2) is 14.0. The highest BCUT2D eigenvalue weighted by molar-refractivity contribution is 5.50. The van der Waals surface area contributed by atoms with Gasteiger partial charge in [-0.3, -0.25) is 0 Å². The van der Waals surface area contributed by atoms with Crippen LogP contribution in [0, 0.1) is 6.92 Å². The first-order valence-corrected chi connectivity index (χ1v) is 10.5. The summed E-state index contributed by atoms with van der Waals surface area (Å²) in [6.45, 7) is 8.91. The second-order valence-corrected chi connectivity index (χ2v) is 6.91. The minimum absolute atomic E-state index is 0.191. The molecule has 3 aromatic rings. The van der Waals surface area contributed by atoms with Gasteiger partial charge in [-0.05, 0) is 31.0 Å². The van der Waals surface area contributed by atoms with Gasteiger partial charge in [0.1, 0.15) is 11.6 Å². The largest absolute Gasteiger partial charge is 0.496 e. The Hall–Kier alpha value is -3.13. The van der Waals surface area contributed by atoms with E-state index in [2.05, 4.69) is 34.9 Å². The lowest BCUT2D eigenvalue weighted by molar-refractivity contribution is 0.318. The number of nitrogens with two attached hydrogens (primary N) is 2. The molecule has 0 atom stereocenters. The predicted molar refractivity (Wildman–Crippen MR) is 126 cm³/mol. The molecule has 0 aliphatic carbocycles. The fourth-order valence-electron chi connectivity index (χ4n) is 2.67. The number of hydrogen-bond acceptors (Lipinski definition) is 7. The zero-order valence-corrected chi connectivity index (χ0v) is 19.3. The van der Waals surface area contributed by atoms with Gasteiger partial charge in [0.15, 0.2) is 0 Å². The van der Waals surface area contributed by atoms with Crippen LogP contribution in [0.25, 0.3) is 0 Å². The highest BCUT2D eigenvalue weighted by Gasteiger charge is 2.12. The van der Waals surface area contributed by atoms with E-state index < -0.39 is 0 Å². The van der Waals surface area contributed by atoms with Crippen LogP contribution in [0.4, 0.5) is 11.8 Å². The van der Waals surface area contributed by atoms with Crippen LogP contribution in [-0.2, 0) is 13.0 Å². The molecule has 0 amide bonds. The molecule has 170 valence electrons. The first-order valence-electron chi connectivity index (χ1n) is 10.5. The Balaban J connectivity index is 0.000000604. The normalized spacial score (nSPS) is 9.87. The number of imidazole rings is 1. The number of aliphatic hydroxyl groups excluding tert-OH is 1. The van der Waals surface area contributed by atoms with Gasteiger partial charge in [-0.25, -0.2) is 9.97 Å². The lowest BCUT2D eigenvalue weighted by Gasteiger charge is -2.13. The van der Waals surface area contributed by atoms with Crippen molar-refractivity contribution in [1.82, 2.24) is 19.5 Å². The molecule has 5 N–H and O–H groups in total. The number of methoxy groups -OCH3 is 1. The quantitative estimate of drug-likeness (QED) is 0.548. The molecule has 2 aromatic heterocycles. The molecule has 0 saturated carbocycles. The van der Waals surface area contributed by atoms with E-state index in [0.717, 1.165) is 34.7 Å². The molecular weight excluding hydrogens is 392 g/mol. The summed E-state index contributed by atoms with van der Waals surface area (Å²) in [7, 11) is 1.66. The highest BCUT2D eigenvalue weighted by Crippen LogP contribution is 2.26. The number of aryl methyl sites for hydroxylation is 1. The van der Waals surface area contributed by atoms with Crippen LogP contribution in [0.3, 0.4) is 0 Å². The Morgan fingerprint density at radius 2 is 1.77 bits per heavy atom. The van der Waals surface area contributed by atoms with Crippen LogP contribution >= 0.6 is 0 Å². The molecule has 8 heteroatoms. The van der Waals surface area contributed by atoms with Gasteiger partial charge in [-0.2, -0.15) is 4.98 Å². The molecule has 0 fully saturated rings. The molecule has 0 unspecified atom stereocenters. The second-order valence-electron chi connectivity index (χ2n) is 6.91. The third kappa shape index (κ3) is 8.64. The summed E-state index contributed by atoms with van der Waals surface area (Å²) in [5, 5.41) is 7.57. The lowest BCUT2D eigenvalue weighted by Crippen LogP contribution is -2.08. The number of hydrogen-bond donors (Lipinski definition) is 3. The molecule has 2 heterocycles. The molecule has 0 saturated heterocycles. The molecule has 0 aliphatic heterocycles. The maximum atomic E-state index is 7.57. The van der Waals surface area contributed by atoms with Crippen molar-refractivity contribution in [3.05, 3.63) is 59.3 Å². The molecule has 0 aliphatic rings. The fourth-order valence-corrected chi connectivity index (χ4v) is 2.67. The van der Waals surface area contributed by atoms with Crippen molar-refractivity contribution in [2.75, 3.05) is 25.2 Å². The van der Waals surface area contributed by atoms with Gasteiger partial charge in [0.2, 0.25) is 5.95 Å². The van der Waals surface area contributed by atoms with Gasteiger partial charge in [-0.1, -0.05) is 38.8 Å². The number of anilines is 2. The molecule has 0 spiro atoms. The van der Waals surface area contributed by atoms with E-state index in [0.29, 0.717) is 12.2 Å². The number of aromatic nitrogens is 4. The smallest absolute Gasteiger partial charge is 0.222 e. The van der Waals surface area contributed by atoms with Crippen LogP contribution in [0.5, 0.6) is 5.75 Å². The first kappa shape index (κ1) is 25.9. The number of ether oxygens (including phenoxy) is 1. The van der Waals surface area contributed by atoms with Gasteiger partial charge >= 0.3 is 0 Å². The van der Waals surface area contributed by atoms with Crippen molar-refractivity contribution < 1.29 is 9.84 Å². The van der Waals surface area contributed by atoms with E-state index in [1.165, 1.54) is 12.8 Å². The predicted octanol–water partition coefficient (Wildman–Crippen LogP) is 3.60. The van der Waals surface area contributed by atoms with Crippen LogP contribution in [0.15, 0.2) is 36.9 Å². The van der Waals surface area contributed by atoms with Gasteiger partial charge < -0.3 is 25.9 Å². The van der Waals surface area contributed by atoms with E-state index in [1.807, 2.05) is 29.8 Å². The topological polar surface area (TPSA) is 125 Å². The SMILES string of the molecule is CCCC.CCO.COc1cc(Cn2ccnc2)ccc1Cc1c(C)nc(N)nc1N. The third-order valence-electron chi connectivity index (χ3n) is 4.41. The van der Waals surface area contributed by atoms with Crippen molar-refractivity contribution in [2.45, 2.75) is 53.5 Å². The molecule has 1 aromatic carbocycles. The monoisotopic (exact) mass is 428 g/mol. The van der Waals surface area contributed by atoms with Crippen LogP contribution < -0.4 is 16.2 Å². The van der Waals surface area contributed by atoms with E-state index in [9.17, 15) is 0 Å². The minimum Gasteiger partial charge on any atom is -0.496 e. The average Bonchev–Trinajstić information content (AvgIpc) is 3.25. The molecule has 3 rings (SSSR count). The zero-order chi connectivity index (χ0) is 23.2. The Labute approximate surface area is 185 Å². The Morgan fingerprint density at radius 1 is 1.10 bits per heavy atom. The number of nitrogens with zero attached hydrogens (tertiary/aromatic N) is 4. The van der Waals surface area contributed by atoms with Crippen molar-refractivity contribution in [3.63, 3.8) is 0 Å². The minimum atomic E-state index is 0.191. The summed E-state index contributed by atoms with van der Waals surface area (Å²) in [6, 6.07) is 6.14. The van der Waals surface area contributed by atoms with E-state index in [4.69, 9.17) is 21.3 Å². The number of nitrogen functional groups attached to an aromatic ring is 2. The van der Waals surface area contributed by atoms with Gasteiger partial charge in [0, 0.05) is 43.2 Å². The summed E-state index contributed by atoms with van der Waals surface area (Å²) in [5.41, 5.74) is 15.4. The Kier molecular flexibility index (Phi) is 11.7. The number of benzene rings is 1. The van der Waals surface area contributed by atoms with Crippen LogP contribution in [0.1, 0.15) is 56.0 Å². The first-order chi connectivity index (χ1) is 14.9. The third-order valence-corrected chi connectivity index (χ3v) is 4.41. The molecule has 31 heavy (non-hydrogen) atoms. The van der Waals surface area contributed by atoms with E-state index in [-0.39, 0.29) is 12.6 Å². The van der Waals surface area contributed by atoms with E-state index in [1.54, 1.807) is 26.6 Å². The average molecular weight is 429 g/mol. The van der Waals surface area contributed by atoms with Crippen LogP contribution in [0.2, 0.25) is 0 Å². The molecule has 0 bridgehead atoms. The van der Waals surface area contributed by atoms with E-state index >= 15 is 0 Å². The lowest BCUT2D eigenvalue weighted by atomic mass is 10.0. The zero-order valence-electron chi connectivity index (χ0n) is 19.3.